The molecule has 0 radical (unpaired) electrons. The lowest BCUT2D eigenvalue weighted by Crippen LogP contribution is -2.46. The summed E-state index contributed by atoms with van der Waals surface area (Å²) >= 11 is 5.86. The molecule has 7 heteroatoms. The lowest BCUT2D eigenvalue weighted by molar-refractivity contribution is -0.121. The van der Waals surface area contributed by atoms with Crippen molar-refractivity contribution in [3.8, 4) is 0 Å². The van der Waals surface area contributed by atoms with E-state index in [1.165, 1.54) is 0 Å². The normalized spacial score (nSPS) is 16.3. The fourth-order valence-corrected chi connectivity index (χ4v) is 2.52. The molecule has 1 aromatic heterocycles. The highest BCUT2D eigenvalue weighted by molar-refractivity contribution is 6.29. The van der Waals surface area contributed by atoms with E-state index in [0.717, 1.165) is 44.0 Å². The first-order chi connectivity index (χ1) is 9.66. The van der Waals surface area contributed by atoms with E-state index in [-0.39, 0.29) is 11.1 Å². The second-order valence-corrected chi connectivity index (χ2v) is 5.31. The lowest BCUT2D eigenvalue weighted by atomic mass is 10.1. The number of aryl methyl sites for hydroxylation is 1. The van der Waals surface area contributed by atoms with Gasteiger partial charge in [0, 0.05) is 51.3 Å². The van der Waals surface area contributed by atoms with E-state index in [0.29, 0.717) is 19.4 Å². The second-order valence-electron chi connectivity index (χ2n) is 4.96. The molecule has 2 rings (SSSR count). The standard InChI is InChI=1S/C13H21ClN4O2/c1-10-11(13(14)20-17-10)2-3-12(19)16-6-9-18-7-4-15-5-8-18/h15H,2-9H2,1H3,(H,16,19). The zero-order chi connectivity index (χ0) is 14.4. The first kappa shape index (κ1) is 15.3. The number of aromatic nitrogens is 1. The molecule has 1 aliphatic rings. The van der Waals surface area contributed by atoms with Crippen molar-refractivity contribution in [1.82, 2.24) is 20.7 Å². The minimum Gasteiger partial charge on any atom is -0.355 e. The number of nitrogens with zero attached hydrogens (tertiary/aromatic N) is 2. The molecule has 1 fully saturated rings. The molecule has 1 aromatic rings. The van der Waals surface area contributed by atoms with Gasteiger partial charge in [0.2, 0.25) is 11.1 Å². The molecule has 0 spiro atoms. The summed E-state index contributed by atoms with van der Waals surface area (Å²) in [6.07, 6.45) is 0.969. The Kier molecular flexibility index (Phi) is 5.82. The molecule has 1 saturated heterocycles. The van der Waals surface area contributed by atoms with Crippen LogP contribution in [0.25, 0.3) is 0 Å². The maximum Gasteiger partial charge on any atom is 0.229 e. The molecule has 1 aliphatic heterocycles. The van der Waals surface area contributed by atoms with Crippen LogP contribution >= 0.6 is 11.6 Å². The number of piperazine rings is 1. The predicted molar refractivity (Wildman–Crippen MR) is 76.9 cm³/mol. The number of carbonyl (C=O) groups excluding carboxylic acids is 1. The number of nitrogens with one attached hydrogen (secondary N) is 2. The number of carbonyl (C=O) groups is 1. The van der Waals surface area contributed by atoms with Crippen molar-refractivity contribution >= 4 is 17.5 Å². The molecule has 6 nitrogen and oxygen atoms in total. The Hall–Kier alpha value is -1.11. The van der Waals surface area contributed by atoms with E-state index in [9.17, 15) is 4.79 Å². The average Bonchev–Trinajstić information content (AvgIpc) is 2.77. The van der Waals surface area contributed by atoms with Crippen LogP contribution in [-0.4, -0.2) is 55.2 Å². The fourth-order valence-electron chi connectivity index (χ4n) is 2.26. The zero-order valence-electron chi connectivity index (χ0n) is 11.7. The Morgan fingerprint density at radius 2 is 2.25 bits per heavy atom. The summed E-state index contributed by atoms with van der Waals surface area (Å²) in [5, 5.41) is 10.3. The highest BCUT2D eigenvalue weighted by atomic mass is 35.5. The SMILES string of the molecule is Cc1noc(Cl)c1CCC(=O)NCCN1CCNCC1. The van der Waals surface area contributed by atoms with Crippen LogP contribution in [-0.2, 0) is 11.2 Å². The maximum atomic E-state index is 11.8. The zero-order valence-corrected chi connectivity index (χ0v) is 12.5. The van der Waals surface area contributed by atoms with E-state index in [1.54, 1.807) is 0 Å². The van der Waals surface area contributed by atoms with Gasteiger partial charge >= 0.3 is 0 Å². The van der Waals surface area contributed by atoms with Crippen molar-refractivity contribution in [2.24, 2.45) is 0 Å². The molecule has 0 unspecified atom stereocenters. The molecule has 2 N–H and O–H groups in total. The minimum absolute atomic E-state index is 0.0387. The van der Waals surface area contributed by atoms with Gasteiger partial charge in [-0.25, -0.2) is 0 Å². The molecule has 0 aromatic carbocycles. The Morgan fingerprint density at radius 1 is 1.50 bits per heavy atom. The van der Waals surface area contributed by atoms with Crippen LogP contribution in [0.4, 0.5) is 0 Å². The maximum absolute atomic E-state index is 11.8. The molecular formula is C13H21ClN4O2. The van der Waals surface area contributed by atoms with Crippen molar-refractivity contribution in [2.45, 2.75) is 19.8 Å². The van der Waals surface area contributed by atoms with Gasteiger partial charge in [-0.1, -0.05) is 5.16 Å². The number of hydrogen-bond donors (Lipinski definition) is 2. The monoisotopic (exact) mass is 300 g/mol. The van der Waals surface area contributed by atoms with Gasteiger partial charge in [-0.3, -0.25) is 9.69 Å². The van der Waals surface area contributed by atoms with Crippen LogP contribution in [0.2, 0.25) is 5.22 Å². The number of hydrogen-bond acceptors (Lipinski definition) is 5. The highest BCUT2D eigenvalue weighted by Gasteiger charge is 2.13. The van der Waals surface area contributed by atoms with E-state index in [2.05, 4.69) is 20.7 Å². The summed E-state index contributed by atoms with van der Waals surface area (Å²) in [6.45, 7) is 7.57. The van der Waals surface area contributed by atoms with Gasteiger partial charge in [0.25, 0.3) is 0 Å². The Balaban J connectivity index is 1.63. The summed E-state index contributed by atoms with van der Waals surface area (Å²) in [4.78, 5) is 14.1. The Morgan fingerprint density at radius 3 is 2.90 bits per heavy atom. The molecule has 0 bridgehead atoms. The topological polar surface area (TPSA) is 70.4 Å². The van der Waals surface area contributed by atoms with Crippen LogP contribution in [0.1, 0.15) is 17.7 Å². The summed E-state index contributed by atoms with van der Waals surface area (Å²) < 4.78 is 4.86. The number of rotatable bonds is 6. The Bertz CT molecular complexity index is 424. The third-order valence-corrected chi connectivity index (χ3v) is 3.80. The van der Waals surface area contributed by atoms with Gasteiger partial charge in [-0.15, -0.1) is 0 Å². The first-order valence-corrected chi connectivity index (χ1v) is 7.35. The van der Waals surface area contributed by atoms with Crippen molar-refractivity contribution in [1.29, 1.82) is 0 Å². The summed E-state index contributed by atoms with van der Waals surface area (Å²) in [5.41, 5.74) is 1.58. The molecule has 20 heavy (non-hydrogen) atoms. The van der Waals surface area contributed by atoms with Crippen LogP contribution in [0, 0.1) is 6.92 Å². The highest BCUT2D eigenvalue weighted by Crippen LogP contribution is 2.20. The van der Waals surface area contributed by atoms with Crippen molar-refractivity contribution in [2.75, 3.05) is 39.3 Å². The third kappa shape index (κ3) is 4.47. The van der Waals surface area contributed by atoms with Crippen molar-refractivity contribution < 1.29 is 9.32 Å². The van der Waals surface area contributed by atoms with Gasteiger partial charge in [-0.2, -0.15) is 0 Å². The third-order valence-electron chi connectivity index (χ3n) is 3.50. The molecule has 0 atom stereocenters. The van der Waals surface area contributed by atoms with Gasteiger partial charge in [-0.05, 0) is 24.9 Å². The van der Waals surface area contributed by atoms with Crippen LogP contribution in [0.15, 0.2) is 4.52 Å². The molecule has 112 valence electrons. The minimum atomic E-state index is 0.0387. The predicted octanol–water partition coefficient (Wildman–Crippen LogP) is 0.590. The second kappa shape index (κ2) is 7.61. The molecule has 0 saturated carbocycles. The quantitative estimate of drug-likeness (QED) is 0.805. The molecule has 1 amide bonds. The van der Waals surface area contributed by atoms with E-state index in [4.69, 9.17) is 16.1 Å². The van der Waals surface area contributed by atoms with Gasteiger partial charge in [0.1, 0.15) is 0 Å². The summed E-state index contributed by atoms with van der Waals surface area (Å²) in [7, 11) is 0. The fraction of sp³-hybridized carbons (Fsp3) is 0.692. The summed E-state index contributed by atoms with van der Waals surface area (Å²) in [6, 6.07) is 0. The van der Waals surface area contributed by atoms with E-state index >= 15 is 0 Å². The molecular weight excluding hydrogens is 280 g/mol. The first-order valence-electron chi connectivity index (χ1n) is 6.97. The van der Waals surface area contributed by atoms with Gasteiger partial charge < -0.3 is 15.2 Å². The van der Waals surface area contributed by atoms with Crippen LogP contribution in [0.5, 0.6) is 0 Å². The summed E-state index contributed by atoms with van der Waals surface area (Å²) in [5.74, 6) is 0.0387. The molecule has 0 aliphatic carbocycles. The largest absolute Gasteiger partial charge is 0.355 e. The smallest absolute Gasteiger partial charge is 0.229 e. The van der Waals surface area contributed by atoms with Crippen molar-refractivity contribution in [3.05, 3.63) is 16.5 Å². The lowest BCUT2D eigenvalue weighted by Gasteiger charge is -2.27. The van der Waals surface area contributed by atoms with Crippen LogP contribution in [0.3, 0.4) is 0 Å². The average molecular weight is 301 g/mol. The van der Waals surface area contributed by atoms with Gasteiger partial charge in [0.15, 0.2) is 0 Å². The van der Waals surface area contributed by atoms with Gasteiger partial charge in [0.05, 0.1) is 5.69 Å². The van der Waals surface area contributed by atoms with E-state index < -0.39 is 0 Å². The number of halogens is 1. The Labute approximate surface area is 123 Å². The number of amides is 1. The van der Waals surface area contributed by atoms with E-state index in [1.807, 2.05) is 6.92 Å². The molecule has 2 heterocycles. The van der Waals surface area contributed by atoms with Crippen molar-refractivity contribution in [3.63, 3.8) is 0 Å². The van der Waals surface area contributed by atoms with Crippen LogP contribution < -0.4 is 10.6 Å².